The molecule has 8 nitrogen and oxygen atoms in total. The number of carbonyl (C=O) groups excluding carboxylic acids is 2. The fourth-order valence-electron chi connectivity index (χ4n) is 2.56. The van der Waals surface area contributed by atoms with E-state index in [1.165, 1.54) is 11.3 Å². The van der Waals surface area contributed by atoms with Crippen molar-refractivity contribution >= 4 is 39.7 Å². The summed E-state index contributed by atoms with van der Waals surface area (Å²) < 4.78 is 10.6. The summed E-state index contributed by atoms with van der Waals surface area (Å²) in [6.45, 7) is 0. The number of nitrogens with two attached hydrogens (primary N) is 1. The van der Waals surface area contributed by atoms with Crippen LogP contribution in [-0.4, -0.2) is 31.0 Å². The SMILES string of the molecule is COc1ccc(OC)c(Nc2nc(CC(=O)Nc3ccc(C(N)=O)cc3)cs2)c1. The van der Waals surface area contributed by atoms with E-state index in [0.29, 0.717) is 39.3 Å². The lowest BCUT2D eigenvalue weighted by Gasteiger charge is -2.10. The molecule has 0 bridgehead atoms. The quantitative estimate of drug-likeness (QED) is 0.523. The third-order valence-corrected chi connectivity index (χ3v) is 4.80. The summed E-state index contributed by atoms with van der Waals surface area (Å²) in [5, 5.41) is 8.39. The number of ether oxygens (including phenoxy) is 2. The lowest BCUT2D eigenvalue weighted by Crippen LogP contribution is -2.15. The van der Waals surface area contributed by atoms with E-state index >= 15 is 0 Å². The van der Waals surface area contributed by atoms with Crippen LogP contribution in [0.5, 0.6) is 11.5 Å². The van der Waals surface area contributed by atoms with Crippen LogP contribution in [0.1, 0.15) is 16.1 Å². The minimum Gasteiger partial charge on any atom is -0.497 e. The molecule has 4 N–H and O–H groups in total. The molecule has 0 radical (unpaired) electrons. The molecule has 2 aromatic carbocycles. The monoisotopic (exact) mass is 412 g/mol. The summed E-state index contributed by atoms with van der Waals surface area (Å²) in [6, 6.07) is 11.8. The third-order valence-electron chi connectivity index (χ3n) is 3.99. The maximum atomic E-state index is 12.3. The van der Waals surface area contributed by atoms with Gasteiger partial charge in [0.05, 0.1) is 32.0 Å². The predicted molar refractivity (Wildman–Crippen MR) is 112 cm³/mol. The van der Waals surface area contributed by atoms with Crippen LogP contribution in [0.2, 0.25) is 0 Å². The van der Waals surface area contributed by atoms with Crippen molar-refractivity contribution in [1.82, 2.24) is 4.98 Å². The van der Waals surface area contributed by atoms with Gasteiger partial charge in [0.15, 0.2) is 5.13 Å². The van der Waals surface area contributed by atoms with Gasteiger partial charge in [-0.05, 0) is 36.4 Å². The Balaban J connectivity index is 1.63. The van der Waals surface area contributed by atoms with Gasteiger partial charge >= 0.3 is 0 Å². The number of primary amides is 1. The first-order chi connectivity index (χ1) is 14.0. The number of hydrogen-bond acceptors (Lipinski definition) is 7. The average molecular weight is 412 g/mol. The molecular formula is C20H20N4O4S. The molecule has 3 rings (SSSR count). The molecule has 0 saturated carbocycles. The van der Waals surface area contributed by atoms with Crippen molar-refractivity contribution in [1.29, 1.82) is 0 Å². The molecule has 3 aromatic rings. The molecule has 1 heterocycles. The summed E-state index contributed by atoms with van der Waals surface area (Å²) in [5.74, 6) is 0.609. The zero-order valence-corrected chi connectivity index (χ0v) is 16.7. The highest BCUT2D eigenvalue weighted by Gasteiger charge is 2.11. The topological polar surface area (TPSA) is 116 Å². The van der Waals surface area contributed by atoms with Crippen molar-refractivity contribution in [2.24, 2.45) is 5.73 Å². The Hall–Kier alpha value is -3.59. The number of rotatable bonds is 8. The Morgan fingerprint density at radius 1 is 1.10 bits per heavy atom. The minimum absolute atomic E-state index is 0.116. The minimum atomic E-state index is -0.516. The first-order valence-corrected chi connectivity index (χ1v) is 9.49. The highest BCUT2D eigenvalue weighted by Crippen LogP contribution is 2.32. The predicted octanol–water partition coefficient (Wildman–Crippen LogP) is 3.18. The van der Waals surface area contributed by atoms with Crippen LogP contribution in [0.25, 0.3) is 0 Å². The number of benzene rings is 2. The molecule has 0 aliphatic heterocycles. The van der Waals surface area contributed by atoms with Crippen molar-refractivity contribution in [3.05, 3.63) is 59.1 Å². The fourth-order valence-corrected chi connectivity index (χ4v) is 3.28. The zero-order valence-electron chi connectivity index (χ0n) is 15.9. The third kappa shape index (κ3) is 5.23. The van der Waals surface area contributed by atoms with Crippen LogP contribution >= 0.6 is 11.3 Å². The van der Waals surface area contributed by atoms with Crippen molar-refractivity contribution in [3.63, 3.8) is 0 Å². The van der Waals surface area contributed by atoms with Crippen LogP contribution in [0.4, 0.5) is 16.5 Å². The van der Waals surface area contributed by atoms with E-state index in [1.54, 1.807) is 50.6 Å². The summed E-state index contributed by atoms with van der Waals surface area (Å²) in [6.07, 6.45) is 0.116. The van der Waals surface area contributed by atoms with E-state index in [9.17, 15) is 9.59 Å². The maximum absolute atomic E-state index is 12.3. The molecule has 0 fully saturated rings. The molecule has 29 heavy (non-hydrogen) atoms. The van der Waals surface area contributed by atoms with Crippen molar-refractivity contribution in [2.45, 2.75) is 6.42 Å². The Bertz CT molecular complexity index is 1020. The van der Waals surface area contributed by atoms with Gasteiger partial charge in [-0.1, -0.05) is 0 Å². The number of carbonyl (C=O) groups is 2. The van der Waals surface area contributed by atoms with E-state index in [-0.39, 0.29) is 12.3 Å². The standard InChI is InChI=1S/C20H20N4O4S/c1-27-15-7-8-17(28-2)16(10-15)24-20-23-14(11-29-20)9-18(25)22-13-5-3-12(4-6-13)19(21)26/h3-8,10-11H,9H2,1-2H3,(H2,21,26)(H,22,25)(H,23,24). The number of anilines is 3. The maximum Gasteiger partial charge on any atom is 0.248 e. The van der Waals surface area contributed by atoms with E-state index in [0.717, 1.165) is 0 Å². The first kappa shape index (κ1) is 20.2. The summed E-state index contributed by atoms with van der Waals surface area (Å²) in [4.78, 5) is 27.8. The second kappa shape index (κ2) is 9.07. The molecule has 150 valence electrons. The number of methoxy groups -OCH3 is 2. The van der Waals surface area contributed by atoms with Crippen LogP contribution in [0, 0.1) is 0 Å². The zero-order chi connectivity index (χ0) is 20.8. The largest absolute Gasteiger partial charge is 0.497 e. The molecule has 1 aromatic heterocycles. The molecule has 0 spiro atoms. The summed E-state index contributed by atoms with van der Waals surface area (Å²) >= 11 is 1.38. The van der Waals surface area contributed by atoms with E-state index in [4.69, 9.17) is 15.2 Å². The van der Waals surface area contributed by atoms with Gasteiger partial charge in [-0.25, -0.2) is 4.98 Å². The molecule has 0 aliphatic carbocycles. The number of nitrogens with zero attached hydrogens (tertiary/aromatic N) is 1. The Kier molecular flexibility index (Phi) is 6.30. The fraction of sp³-hybridized carbons (Fsp3) is 0.150. The van der Waals surface area contributed by atoms with Gasteiger partial charge in [-0.15, -0.1) is 11.3 Å². The van der Waals surface area contributed by atoms with Gasteiger partial charge in [0.25, 0.3) is 0 Å². The van der Waals surface area contributed by atoms with Crippen LogP contribution in [0.15, 0.2) is 47.8 Å². The average Bonchev–Trinajstić information content (AvgIpc) is 3.14. The van der Waals surface area contributed by atoms with Crippen LogP contribution < -0.4 is 25.8 Å². The van der Waals surface area contributed by atoms with E-state index < -0.39 is 5.91 Å². The normalized spacial score (nSPS) is 10.3. The van der Waals surface area contributed by atoms with Crippen LogP contribution in [-0.2, 0) is 11.2 Å². The Labute approximate surface area is 171 Å². The number of aromatic nitrogens is 1. The Morgan fingerprint density at radius 2 is 1.86 bits per heavy atom. The molecule has 0 saturated heterocycles. The van der Waals surface area contributed by atoms with Gasteiger partial charge in [0.2, 0.25) is 11.8 Å². The second-order valence-corrected chi connectivity index (χ2v) is 6.86. The molecule has 9 heteroatoms. The van der Waals surface area contributed by atoms with Gasteiger partial charge in [-0.2, -0.15) is 0 Å². The summed E-state index contributed by atoms with van der Waals surface area (Å²) in [5.41, 5.74) is 7.51. The smallest absolute Gasteiger partial charge is 0.248 e. The van der Waals surface area contributed by atoms with Crippen LogP contribution in [0.3, 0.4) is 0 Å². The highest BCUT2D eigenvalue weighted by molar-refractivity contribution is 7.13. The summed E-state index contributed by atoms with van der Waals surface area (Å²) in [7, 11) is 3.17. The first-order valence-electron chi connectivity index (χ1n) is 8.61. The van der Waals surface area contributed by atoms with E-state index in [1.807, 2.05) is 11.4 Å². The molecule has 0 aliphatic rings. The number of nitrogens with one attached hydrogen (secondary N) is 2. The Morgan fingerprint density at radius 3 is 2.52 bits per heavy atom. The number of amides is 2. The van der Waals surface area contributed by atoms with Gasteiger partial charge in [0.1, 0.15) is 11.5 Å². The lowest BCUT2D eigenvalue weighted by atomic mass is 10.2. The lowest BCUT2D eigenvalue weighted by molar-refractivity contribution is -0.115. The highest BCUT2D eigenvalue weighted by atomic mass is 32.1. The van der Waals surface area contributed by atoms with Gasteiger partial charge in [0, 0.05) is 22.7 Å². The van der Waals surface area contributed by atoms with Crippen molar-refractivity contribution in [3.8, 4) is 11.5 Å². The van der Waals surface area contributed by atoms with Crippen molar-refractivity contribution in [2.75, 3.05) is 24.9 Å². The number of thiazole rings is 1. The van der Waals surface area contributed by atoms with Gasteiger partial charge < -0.3 is 25.8 Å². The van der Waals surface area contributed by atoms with Gasteiger partial charge in [-0.3, -0.25) is 9.59 Å². The number of hydrogen-bond donors (Lipinski definition) is 3. The van der Waals surface area contributed by atoms with Crippen molar-refractivity contribution < 1.29 is 19.1 Å². The molecule has 0 atom stereocenters. The second-order valence-electron chi connectivity index (χ2n) is 6.00. The van der Waals surface area contributed by atoms with E-state index in [2.05, 4.69) is 15.6 Å². The molecule has 0 unspecified atom stereocenters. The molecular weight excluding hydrogens is 392 g/mol. The molecule has 2 amide bonds.